The van der Waals surface area contributed by atoms with Gasteiger partial charge in [-0.3, -0.25) is 0 Å². The van der Waals surface area contributed by atoms with Crippen LogP contribution in [0.2, 0.25) is 0 Å². The maximum atomic E-state index is 5.91. The fourth-order valence-corrected chi connectivity index (χ4v) is 0.888. The third-order valence-electron chi connectivity index (χ3n) is 2.06. The van der Waals surface area contributed by atoms with Gasteiger partial charge in [0.25, 0.3) is 0 Å². The van der Waals surface area contributed by atoms with Crippen molar-refractivity contribution in [2.45, 2.75) is 51.6 Å². The molecule has 0 heterocycles. The summed E-state index contributed by atoms with van der Waals surface area (Å²) in [7, 11) is 0. The largest absolute Gasteiger partial charge is 0.328 e. The average Bonchev–Trinajstić information content (AvgIpc) is 1.87. The van der Waals surface area contributed by atoms with E-state index in [9.17, 15) is 0 Å². The maximum absolute atomic E-state index is 5.91. The van der Waals surface area contributed by atoms with Crippen molar-refractivity contribution >= 4 is 0 Å². The molecule has 0 aromatic heterocycles. The summed E-state index contributed by atoms with van der Waals surface area (Å²) < 4.78 is 0. The second kappa shape index (κ2) is 3.94. The summed E-state index contributed by atoms with van der Waals surface area (Å²) in [4.78, 5) is 0. The topological polar surface area (TPSA) is 52.0 Å². The van der Waals surface area contributed by atoms with Gasteiger partial charge in [-0.1, -0.05) is 13.8 Å². The monoisotopic (exact) mass is 144 g/mol. The van der Waals surface area contributed by atoms with Crippen molar-refractivity contribution in [3.05, 3.63) is 0 Å². The molecule has 0 bridgehead atoms. The number of hydrogen-bond donors (Lipinski definition) is 2. The molecule has 0 saturated carbocycles. The van der Waals surface area contributed by atoms with Crippen molar-refractivity contribution in [1.82, 2.24) is 0 Å². The maximum Gasteiger partial charge on any atom is 0.0138 e. The quantitative estimate of drug-likeness (QED) is 0.623. The van der Waals surface area contributed by atoms with E-state index in [1.807, 2.05) is 0 Å². The van der Waals surface area contributed by atoms with Crippen LogP contribution >= 0.6 is 0 Å². The van der Waals surface area contributed by atoms with Crippen LogP contribution in [0.5, 0.6) is 0 Å². The predicted octanol–water partition coefficient (Wildman–Crippen LogP) is 1.24. The Morgan fingerprint density at radius 2 is 1.90 bits per heavy atom. The lowest BCUT2D eigenvalue weighted by atomic mass is 9.91. The van der Waals surface area contributed by atoms with Gasteiger partial charge in [0.1, 0.15) is 0 Å². The second-order valence-corrected chi connectivity index (χ2v) is 3.38. The van der Waals surface area contributed by atoms with Gasteiger partial charge in [0.05, 0.1) is 0 Å². The van der Waals surface area contributed by atoms with E-state index >= 15 is 0 Å². The average molecular weight is 144 g/mol. The molecule has 0 saturated heterocycles. The van der Waals surface area contributed by atoms with Crippen LogP contribution < -0.4 is 11.5 Å². The molecule has 0 aliphatic carbocycles. The van der Waals surface area contributed by atoms with Gasteiger partial charge in [-0.05, 0) is 26.2 Å². The van der Waals surface area contributed by atoms with E-state index in [1.54, 1.807) is 0 Å². The Balaban J connectivity index is 3.64. The molecule has 2 atom stereocenters. The minimum atomic E-state index is -0.0601. The van der Waals surface area contributed by atoms with Crippen LogP contribution in [0.25, 0.3) is 0 Å². The third kappa shape index (κ3) is 3.85. The highest BCUT2D eigenvalue weighted by molar-refractivity contribution is 4.81. The van der Waals surface area contributed by atoms with Crippen molar-refractivity contribution in [3.8, 4) is 0 Å². The molecular weight excluding hydrogens is 124 g/mol. The van der Waals surface area contributed by atoms with Gasteiger partial charge >= 0.3 is 0 Å². The molecule has 0 aliphatic heterocycles. The van der Waals surface area contributed by atoms with Crippen LogP contribution in [0.15, 0.2) is 0 Å². The van der Waals surface area contributed by atoms with E-state index in [2.05, 4.69) is 20.8 Å². The Kier molecular flexibility index (Phi) is 3.91. The first-order valence-corrected chi connectivity index (χ1v) is 4.06. The molecule has 10 heavy (non-hydrogen) atoms. The van der Waals surface area contributed by atoms with E-state index in [0.717, 1.165) is 19.3 Å². The van der Waals surface area contributed by atoms with E-state index in [-0.39, 0.29) is 11.6 Å². The SMILES string of the molecule is CCC(N)CC(C)(N)CC. The zero-order valence-electron chi connectivity index (χ0n) is 7.35. The summed E-state index contributed by atoms with van der Waals surface area (Å²) in [6, 6.07) is 0.273. The molecule has 2 unspecified atom stereocenters. The summed E-state index contributed by atoms with van der Waals surface area (Å²) in [5.74, 6) is 0. The summed E-state index contributed by atoms with van der Waals surface area (Å²) in [5, 5.41) is 0. The van der Waals surface area contributed by atoms with Crippen molar-refractivity contribution in [3.63, 3.8) is 0 Å². The van der Waals surface area contributed by atoms with Crippen LogP contribution in [0.4, 0.5) is 0 Å². The van der Waals surface area contributed by atoms with Crippen LogP contribution in [0.3, 0.4) is 0 Å². The van der Waals surface area contributed by atoms with Crippen molar-refractivity contribution in [1.29, 1.82) is 0 Å². The molecule has 0 aromatic carbocycles. The highest BCUT2D eigenvalue weighted by Gasteiger charge is 2.18. The molecule has 2 heteroatoms. The molecule has 0 radical (unpaired) electrons. The number of rotatable bonds is 4. The van der Waals surface area contributed by atoms with E-state index in [4.69, 9.17) is 11.5 Å². The molecule has 0 fully saturated rings. The van der Waals surface area contributed by atoms with Gasteiger partial charge in [0.15, 0.2) is 0 Å². The molecule has 0 rings (SSSR count). The van der Waals surface area contributed by atoms with Gasteiger partial charge in [-0.2, -0.15) is 0 Å². The van der Waals surface area contributed by atoms with E-state index < -0.39 is 0 Å². The standard InChI is InChI=1S/C8H20N2/c1-4-7(9)6-8(3,10)5-2/h7H,4-6,9-10H2,1-3H3. The van der Waals surface area contributed by atoms with Gasteiger partial charge in [0, 0.05) is 11.6 Å². The minimum Gasteiger partial charge on any atom is -0.328 e. The Morgan fingerprint density at radius 1 is 1.40 bits per heavy atom. The Labute approximate surface area is 64.0 Å². The summed E-state index contributed by atoms with van der Waals surface area (Å²) >= 11 is 0. The van der Waals surface area contributed by atoms with Crippen LogP contribution in [-0.4, -0.2) is 11.6 Å². The third-order valence-corrected chi connectivity index (χ3v) is 2.06. The second-order valence-electron chi connectivity index (χ2n) is 3.38. The molecular formula is C8H20N2. The Bertz CT molecular complexity index is 89.3. The first-order valence-electron chi connectivity index (χ1n) is 4.06. The molecule has 2 nitrogen and oxygen atoms in total. The molecule has 0 aliphatic rings. The lowest BCUT2D eigenvalue weighted by molar-refractivity contribution is 0.373. The summed E-state index contributed by atoms with van der Waals surface area (Å²) in [5.41, 5.74) is 11.6. The van der Waals surface area contributed by atoms with Gasteiger partial charge in [-0.25, -0.2) is 0 Å². The summed E-state index contributed by atoms with van der Waals surface area (Å²) in [6.07, 6.45) is 2.95. The fraction of sp³-hybridized carbons (Fsp3) is 1.00. The van der Waals surface area contributed by atoms with Gasteiger partial charge in [-0.15, -0.1) is 0 Å². The minimum absolute atomic E-state index is 0.0601. The highest BCUT2D eigenvalue weighted by Crippen LogP contribution is 2.12. The smallest absolute Gasteiger partial charge is 0.0138 e. The van der Waals surface area contributed by atoms with Crippen LogP contribution in [0, 0.1) is 0 Å². The van der Waals surface area contributed by atoms with Crippen molar-refractivity contribution < 1.29 is 0 Å². The zero-order valence-corrected chi connectivity index (χ0v) is 7.35. The zero-order chi connectivity index (χ0) is 8.20. The summed E-state index contributed by atoms with van der Waals surface area (Å²) in [6.45, 7) is 6.25. The molecule has 62 valence electrons. The molecule has 0 amide bonds. The fourth-order valence-electron chi connectivity index (χ4n) is 0.888. The normalized spacial score (nSPS) is 20.1. The molecule has 0 aromatic rings. The van der Waals surface area contributed by atoms with E-state index in [0.29, 0.717) is 0 Å². The number of nitrogens with two attached hydrogens (primary N) is 2. The van der Waals surface area contributed by atoms with Crippen molar-refractivity contribution in [2.75, 3.05) is 0 Å². The van der Waals surface area contributed by atoms with E-state index in [1.165, 1.54) is 0 Å². The molecule has 0 spiro atoms. The van der Waals surface area contributed by atoms with Crippen molar-refractivity contribution in [2.24, 2.45) is 11.5 Å². The number of hydrogen-bond acceptors (Lipinski definition) is 2. The lowest BCUT2D eigenvalue weighted by Crippen LogP contribution is -2.41. The van der Waals surface area contributed by atoms with Gasteiger partial charge < -0.3 is 11.5 Å². The first-order chi connectivity index (χ1) is 4.52. The predicted molar refractivity (Wildman–Crippen MR) is 45.8 cm³/mol. The lowest BCUT2D eigenvalue weighted by Gasteiger charge is -2.25. The Morgan fingerprint density at radius 3 is 2.20 bits per heavy atom. The highest BCUT2D eigenvalue weighted by atomic mass is 14.7. The molecule has 4 N–H and O–H groups in total. The van der Waals surface area contributed by atoms with Gasteiger partial charge in [0.2, 0.25) is 0 Å². The Hall–Kier alpha value is -0.0800. The first kappa shape index (κ1) is 9.92. The van der Waals surface area contributed by atoms with Crippen LogP contribution in [0.1, 0.15) is 40.0 Å². The van der Waals surface area contributed by atoms with Crippen LogP contribution in [-0.2, 0) is 0 Å².